The molecule has 1 rings (SSSR count). The quantitative estimate of drug-likeness (QED) is 0.379. The van der Waals surface area contributed by atoms with Crippen molar-refractivity contribution in [2.75, 3.05) is 27.9 Å². The third-order valence-corrected chi connectivity index (χ3v) is 3.60. The van der Waals surface area contributed by atoms with Crippen LogP contribution < -0.4 is 5.32 Å². The number of non-ortho nitro benzene ring substituents is 1. The van der Waals surface area contributed by atoms with E-state index < -0.39 is 34.7 Å². The van der Waals surface area contributed by atoms with Gasteiger partial charge >= 0.3 is 11.9 Å². The van der Waals surface area contributed by atoms with Crippen LogP contribution in [-0.2, 0) is 28.6 Å². The fourth-order valence-electron chi connectivity index (χ4n) is 2.33. The van der Waals surface area contributed by atoms with Crippen molar-refractivity contribution < 1.29 is 33.5 Å². The number of hydrogen-bond donors (Lipinski definition) is 1. The van der Waals surface area contributed by atoms with Crippen LogP contribution in [-0.4, -0.2) is 56.7 Å². The molecule has 0 heterocycles. The number of carbonyl (C=O) groups is 3. The van der Waals surface area contributed by atoms with E-state index in [4.69, 9.17) is 9.47 Å². The van der Waals surface area contributed by atoms with E-state index in [1.165, 1.54) is 38.5 Å². The molecule has 0 unspecified atom stereocenters. The predicted molar refractivity (Wildman–Crippen MR) is 88.3 cm³/mol. The summed E-state index contributed by atoms with van der Waals surface area (Å²) in [5.41, 5.74) is 0.276. The monoisotopic (exact) mass is 368 g/mol. The van der Waals surface area contributed by atoms with E-state index in [9.17, 15) is 24.5 Å². The first kappa shape index (κ1) is 21.0. The minimum absolute atomic E-state index is 0.149. The zero-order valence-electron chi connectivity index (χ0n) is 14.6. The number of carbonyl (C=O) groups excluding carboxylic acids is 3. The highest BCUT2D eigenvalue weighted by atomic mass is 16.6. The Bertz CT molecular complexity index is 659. The summed E-state index contributed by atoms with van der Waals surface area (Å²) in [5.74, 6) is -2.83. The molecule has 0 aliphatic heterocycles. The summed E-state index contributed by atoms with van der Waals surface area (Å²) >= 11 is 0. The van der Waals surface area contributed by atoms with Crippen molar-refractivity contribution in [2.45, 2.75) is 18.4 Å². The van der Waals surface area contributed by atoms with Crippen molar-refractivity contribution in [3.63, 3.8) is 0 Å². The molecule has 2 atom stereocenters. The van der Waals surface area contributed by atoms with Gasteiger partial charge in [0.2, 0.25) is 5.91 Å². The first-order valence-corrected chi connectivity index (χ1v) is 7.51. The van der Waals surface area contributed by atoms with Gasteiger partial charge in [-0.3, -0.25) is 19.7 Å². The van der Waals surface area contributed by atoms with Gasteiger partial charge in [-0.1, -0.05) is 12.1 Å². The molecule has 0 saturated heterocycles. The highest BCUT2D eigenvalue weighted by Gasteiger charge is 2.34. The number of ether oxygens (including phenoxy) is 3. The van der Waals surface area contributed by atoms with Gasteiger partial charge in [0.25, 0.3) is 5.69 Å². The Morgan fingerprint density at radius 1 is 1.12 bits per heavy atom. The van der Waals surface area contributed by atoms with E-state index in [-0.39, 0.29) is 18.7 Å². The lowest BCUT2D eigenvalue weighted by molar-refractivity contribution is -0.384. The van der Waals surface area contributed by atoms with Gasteiger partial charge in [0, 0.05) is 25.2 Å². The summed E-state index contributed by atoms with van der Waals surface area (Å²) in [4.78, 5) is 46.0. The smallest absolute Gasteiger partial charge is 0.329 e. The molecule has 1 N–H and O–H groups in total. The normalized spacial score (nSPS) is 12.6. The minimum Gasteiger partial charge on any atom is -0.469 e. The molecule has 1 aromatic carbocycles. The van der Waals surface area contributed by atoms with Crippen molar-refractivity contribution in [1.29, 1.82) is 0 Å². The van der Waals surface area contributed by atoms with Crippen LogP contribution in [0.15, 0.2) is 24.3 Å². The molecule has 0 spiro atoms. The molecular weight excluding hydrogens is 348 g/mol. The fraction of sp³-hybridized carbons (Fsp3) is 0.438. The molecule has 26 heavy (non-hydrogen) atoms. The van der Waals surface area contributed by atoms with Crippen molar-refractivity contribution in [1.82, 2.24) is 5.32 Å². The number of esters is 2. The maximum Gasteiger partial charge on any atom is 0.329 e. The summed E-state index contributed by atoms with van der Waals surface area (Å²) in [6, 6.07) is 4.09. The maximum atomic E-state index is 12.2. The second kappa shape index (κ2) is 10.1. The Balaban J connectivity index is 3.24. The van der Waals surface area contributed by atoms with Crippen LogP contribution in [0.3, 0.4) is 0 Å². The molecule has 0 bridgehead atoms. The molecular formula is C16H20N2O8. The van der Waals surface area contributed by atoms with E-state index in [0.717, 1.165) is 7.11 Å². The number of rotatable bonds is 9. The van der Waals surface area contributed by atoms with E-state index in [2.05, 4.69) is 10.1 Å². The minimum atomic E-state index is -1.21. The number of nitro benzene ring substituents is 1. The van der Waals surface area contributed by atoms with Crippen molar-refractivity contribution >= 4 is 23.5 Å². The standard InChI is InChI=1S/C16H20N2O8/c1-24-9-13(19)17-15(16(21)26-3)12(8-14(20)25-2)10-4-6-11(7-5-10)18(22)23/h4-7,12,15H,8-9H2,1-3H3,(H,17,19)/t12-,15+/m0/s1. The average Bonchev–Trinajstić information content (AvgIpc) is 2.63. The number of amides is 1. The largest absolute Gasteiger partial charge is 0.469 e. The second-order valence-corrected chi connectivity index (χ2v) is 5.24. The topological polar surface area (TPSA) is 134 Å². The van der Waals surface area contributed by atoms with Crippen LogP contribution >= 0.6 is 0 Å². The van der Waals surface area contributed by atoms with Gasteiger partial charge in [-0.25, -0.2) is 4.79 Å². The van der Waals surface area contributed by atoms with Gasteiger partial charge in [0.1, 0.15) is 12.6 Å². The molecule has 0 aliphatic rings. The van der Waals surface area contributed by atoms with Gasteiger partial charge in [-0.05, 0) is 5.56 Å². The highest BCUT2D eigenvalue weighted by molar-refractivity contribution is 5.86. The van der Waals surface area contributed by atoms with Gasteiger partial charge in [-0.2, -0.15) is 0 Å². The fourth-order valence-corrected chi connectivity index (χ4v) is 2.33. The summed E-state index contributed by atoms with van der Waals surface area (Å²) in [5, 5.41) is 13.3. The third kappa shape index (κ3) is 5.81. The molecule has 0 aromatic heterocycles. The molecule has 0 saturated carbocycles. The number of nitrogens with one attached hydrogen (secondary N) is 1. The lowest BCUT2D eigenvalue weighted by Crippen LogP contribution is -2.47. The lowest BCUT2D eigenvalue weighted by atomic mass is 9.88. The Morgan fingerprint density at radius 2 is 1.73 bits per heavy atom. The second-order valence-electron chi connectivity index (χ2n) is 5.24. The molecule has 10 heteroatoms. The summed E-state index contributed by atoms with van der Waals surface area (Å²) < 4.78 is 14.1. The zero-order valence-corrected chi connectivity index (χ0v) is 14.6. The average molecular weight is 368 g/mol. The van der Waals surface area contributed by atoms with Gasteiger partial charge in [0.05, 0.1) is 25.6 Å². The van der Waals surface area contributed by atoms with Crippen LogP contribution in [0.2, 0.25) is 0 Å². The predicted octanol–water partition coefficient (Wildman–Crippen LogP) is 0.546. The molecule has 0 radical (unpaired) electrons. The Kier molecular flexibility index (Phi) is 8.16. The molecule has 0 aliphatic carbocycles. The van der Waals surface area contributed by atoms with E-state index in [0.29, 0.717) is 5.56 Å². The van der Waals surface area contributed by atoms with E-state index >= 15 is 0 Å². The maximum absolute atomic E-state index is 12.2. The van der Waals surface area contributed by atoms with E-state index in [1.54, 1.807) is 0 Å². The third-order valence-electron chi connectivity index (χ3n) is 3.60. The summed E-state index contributed by atoms with van der Waals surface area (Å²) in [7, 11) is 3.64. The Labute approximate surface area is 149 Å². The zero-order chi connectivity index (χ0) is 19.7. The molecule has 142 valence electrons. The van der Waals surface area contributed by atoms with Gasteiger partial charge in [0.15, 0.2) is 0 Å². The van der Waals surface area contributed by atoms with Crippen LogP contribution in [0, 0.1) is 10.1 Å². The summed E-state index contributed by atoms with van der Waals surface area (Å²) in [6.45, 7) is -0.293. The van der Waals surface area contributed by atoms with E-state index in [1.807, 2.05) is 0 Å². The summed E-state index contributed by atoms with van der Waals surface area (Å²) in [6.07, 6.45) is -0.249. The lowest BCUT2D eigenvalue weighted by Gasteiger charge is -2.25. The Morgan fingerprint density at radius 3 is 2.19 bits per heavy atom. The first-order valence-electron chi connectivity index (χ1n) is 7.51. The first-order chi connectivity index (χ1) is 12.3. The van der Waals surface area contributed by atoms with Crippen molar-refractivity contribution in [2.24, 2.45) is 0 Å². The number of nitro groups is 1. The highest BCUT2D eigenvalue weighted by Crippen LogP contribution is 2.27. The number of hydrogen-bond acceptors (Lipinski definition) is 8. The Hall–Kier alpha value is -3.01. The molecule has 10 nitrogen and oxygen atoms in total. The van der Waals surface area contributed by atoms with Crippen molar-refractivity contribution in [3.05, 3.63) is 39.9 Å². The SMILES string of the molecule is COCC(=O)N[C@@H](C(=O)OC)[C@@H](CC(=O)OC)c1ccc([N+](=O)[O-])cc1. The van der Waals surface area contributed by atoms with Crippen LogP contribution in [0.1, 0.15) is 17.9 Å². The van der Waals surface area contributed by atoms with Crippen molar-refractivity contribution in [3.8, 4) is 0 Å². The molecule has 1 amide bonds. The molecule has 1 aromatic rings. The van der Waals surface area contributed by atoms with Gasteiger partial charge in [-0.15, -0.1) is 0 Å². The van der Waals surface area contributed by atoms with Crippen LogP contribution in [0.4, 0.5) is 5.69 Å². The number of methoxy groups -OCH3 is 3. The molecule has 0 fully saturated rings. The van der Waals surface area contributed by atoms with Gasteiger partial charge < -0.3 is 19.5 Å². The number of benzene rings is 1. The number of nitrogens with zero attached hydrogens (tertiary/aromatic N) is 1. The van der Waals surface area contributed by atoms with Crippen LogP contribution in [0.5, 0.6) is 0 Å². The van der Waals surface area contributed by atoms with Crippen LogP contribution in [0.25, 0.3) is 0 Å².